The SMILES string of the molecule is Cn1nc(-c2cccnc2)c2c1CNCC2. The van der Waals surface area contributed by atoms with Crippen molar-refractivity contribution < 1.29 is 0 Å². The first kappa shape index (κ1) is 9.54. The fourth-order valence-electron chi connectivity index (χ4n) is 2.24. The van der Waals surface area contributed by atoms with E-state index in [-0.39, 0.29) is 0 Å². The minimum atomic E-state index is 0.916. The summed E-state index contributed by atoms with van der Waals surface area (Å²) >= 11 is 0. The average Bonchev–Trinajstić information content (AvgIpc) is 2.69. The lowest BCUT2D eigenvalue weighted by atomic mass is 10.0. The molecule has 4 heteroatoms. The summed E-state index contributed by atoms with van der Waals surface area (Å²) < 4.78 is 1.98. The number of hydrogen-bond donors (Lipinski definition) is 1. The van der Waals surface area contributed by atoms with Gasteiger partial charge in [-0.15, -0.1) is 0 Å². The van der Waals surface area contributed by atoms with Crippen LogP contribution in [0.3, 0.4) is 0 Å². The van der Waals surface area contributed by atoms with Gasteiger partial charge in [-0.2, -0.15) is 5.10 Å². The molecule has 0 bridgehead atoms. The van der Waals surface area contributed by atoms with Crippen LogP contribution in [0.5, 0.6) is 0 Å². The summed E-state index contributed by atoms with van der Waals surface area (Å²) in [6.45, 7) is 1.95. The van der Waals surface area contributed by atoms with Gasteiger partial charge in [-0.05, 0) is 25.1 Å². The Morgan fingerprint density at radius 3 is 3.19 bits per heavy atom. The van der Waals surface area contributed by atoms with Crippen molar-refractivity contribution in [2.45, 2.75) is 13.0 Å². The topological polar surface area (TPSA) is 42.7 Å². The van der Waals surface area contributed by atoms with Gasteiger partial charge in [0.25, 0.3) is 0 Å². The first-order chi connectivity index (χ1) is 7.86. The van der Waals surface area contributed by atoms with Crippen molar-refractivity contribution in [1.29, 1.82) is 0 Å². The molecule has 0 fully saturated rings. The van der Waals surface area contributed by atoms with Gasteiger partial charge in [0.15, 0.2) is 0 Å². The number of aryl methyl sites for hydroxylation is 1. The molecule has 82 valence electrons. The molecule has 1 N–H and O–H groups in total. The molecule has 2 aromatic heterocycles. The van der Waals surface area contributed by atoms with Gasteiger partial charge in [0.1, 0.15) is 0 Å². The molecule has 4 nitrogen and oxygen atoms in total. The summed E-state index contributed by atoms with van der Waals surface area (Å²) in [5.41, 5.74) is 4.87. The van der Waals surface area contributed by atoms with Gasteiger partial charge in [0.05, 0.1) is 11.4 Å². The van der Waals surface area contributed by atoms with Crippen LogP contribution in [0.1, 0.15) is 11.3 Å². The van der Waals surface area contributed by atoms with Gasteiger partial charge in [-0.1, -0.05) is 0 Å². The molecule has 3 rings (SSSR count). The van der Waals surface area contributed by atoms with E-state index in [0.717, 1.165) is 30.8 Å². The van der Waals surface area contributed by atoms with Crippen molar-refractivity contribution in [3.05, 3.63) is 35.8 Å². The Morgan fingerprint density at radius 2 is 2.38 bits per heavy atom. The Morgan fingerprint density at radius 1 is 1.44 bits per heavy atom. The molecule has 0 saturated heterocycles. The normalized spacial score (nSPS) is 14.8. The van der Waals surface area contributed by atoms with E-state index < -0.39 is 0 Å². The number of aromatic nitrogens is 3. The van der Waals surface area contributed by atoms with Crippen LogP contribution in [0, 0.1) is 0 Å². The first-order valence-electron chi connectivity index (χ1n) is 5.52. The molecule has 3 heterocycles. The van der Waals surface area contributed by atoms with Crippen molar-refractivity contribution in [3.8, 4) is 11.3 Å². The zero-order valence-corrected chi connectivity index (χ0v) is 9.27. The van der Waals surface area contributed by atoms with Gasteiger partial charge in [-0.3, -0.25) is 9.67 Å². The zero-order valence-electron chi connectivity index (χ0n) is 9.27. The second-order valence-electron chi connectivity index (χ2n) is 4.07. The highest BCUT2D eigenvalue weighted by molar-refractivity contribution is 5.63. The molecule has 1 aliphatic rings. The third-order valence-electron chi connectivity index (χ3n) is 3.05. The van der Waals surface area contributed by atoms with Crippen molar-refractivity contribution in [2.75, 3.05) is 6.54 Å². The van der Waals surface area contributed by atoms with E-state index in [9.17, 15) is 0 Å². The summed E-state index contributed by atoms with van der Waals surface area (Å²) in [5, 5.41) is 7.97. The number of hydrogen-bond acceptors (Lipinski definition) is 3. The Kier molecular flexibility index (Phi) is 2.22. The fourth-order valence-corrected chi connectivity index (χ4v) is 2.24. The van der Waals surface area contributed by atoms with E-state index >= 15 is 0 Å². The molecule has 0 amide bonds. The molecule has 0 saturated carbocycles. The predicted molar refractivity (Wildman–Crippen MR) is 61.8 cm³/mol. The molecule has 0 atom stereocenters. The van der Waals surface area contributed by atoms with Gasteiger partial charge in [0.2, 0.25) is 0 Å². The van der Waals surface area contributed by atoms with Gasteiger partial charge >= 0.3 is 0 Å². The molecule has 2 aromatic rings. The molecule has 0 radical (unpaired) electrons. The standard InChI is InChI=1S/C12H14N4/c1-16-11-8-14-6-4-10(11)12(15-16)9-3-2-5-13-7-9/h2-3,5,7,14H,4,6,8H2,1H3. The molecular weight excluding hydrogens is 200 g/mol. The molecular formula is C12H14N4. The minimum absolute atomic E-state index is 0.916. The maximum Gasteiger partial charge on any atom is 0.0974 e. The quantitative estimate of drug-likeness (QED) is 0.773. The van der Waals surface area contributed by atoms with Crippen molar-refractivity contribution in [1.82, 2.24) is 20.1 Å². The van der Waals surface area contributed by atoms with Crippen LogP contribution in [0.15, 0.2) is 24.5 Å². The predicted octanol–water partition coefficient (Wildman–Crippen LogP) is 1.13. The number of fused-ring (bicyclic) bond motifs is 1. The van der Waals surface area contributed by atoms with Crippen LogP contribution in [-0.2, 0) is 20.0 Å². The Labute approximate surface area is 94.3 Å². The smallest absolute Gasteiger partial charge is 0.0974 e. The molecule has 0 aromatic carbocycles. The highest BCUT2D eigenvalue weighted by Crippen LogP contribution is 2.26. The largest absolute Gasteiger partial charge is 0.311 e. The number of nitrogens with one attached hydrogen (secondary N) is 1. The second-order valence-corrected chi connectivity index (χ2v) is 4.07. The fraction of sp³-hybridized carbons (Fsp3) is 0.333. The lowest BCUT2D eigenvalue weighted by Crippen LogP contribution is -2.24. The van der Waals surface area contributed by atoms with Crippen LogP contribution in [-0.4, -0.2) is 21.3 Å². The summed E-state index contributed by atoms with van der Waals surface area (Å²) in [7, 11) is 2.01. The zero-order chi connectivity index (χ0) is 11.0. The summed E-state index contributed by atoms with van der Waals surface area (Å²) in [5.74, 6) is 0. The number of pyridine rings is 1. The van der Waals surface area contributed by atoms with E-state index in [1.807, 2.05) is 24.0 Å². The highest BCUT2D eigenvalue weighted by Gasteiger charge is 2.19. The lowest BCUT2D eigenvalue weighted by Gasteiger charge is -2.14. The van der Waals surface area contributed by atoms with Crippen LogP contribution in [0.4, 0.5) is 0 Å². The van der Waals surface area contributed by atoms with Gasteiger partial charge in [0, 0.05) is 37.1 Å². The Bertz CT molecular complexity index is 501. The third-order valence-corrected chi connectivity index (χ3v) is 3.05. The van der Waals surface area contributed by atoms with Crippen LogP contribution in [0.25, 0.3) is 11.3 Å². The number of rotatable bonds is 1. The van der Waals surface area contributed by atoms with Gasteiger partial charge in [-0.25, -0.2) is 0 Å². The average molecular weight is 214 g/mol. The summed E-state index contributed by atoms with van der Waals surface area (Å²) in [6, 6.07) is 4.02. The molecule has 0 spiro atoms. The maximum absolute atomic E-state index is 4.60. The summed E-state index contributed by atoms with van der Waals surface area (Å²) in [4.78, 5) is 4.15. The minimum Gasteiger partial charge on any atom is -0.311 e. The monoisotopic (exact) mass is 214 g/mol. The van der Waals surface area contributed by atoms with Crippen molar-refractivity contribution >= 4 is 0 Å². The van der Waals surface area contributed by atoms with E-state index in [4.69, 9.17) is 0 Å². The van der Waals surface area contributed by atoms with Crippen LogP contribution < -0.4 is 5.32 Å². The summed E-state index contributed by atoms with van der Waals surface area (Å²) in [6.07, 6.45) is 4.72. The van der Waals surface area contributed by atoms with Crippen molar-refractivity contribution in [2.24, 2.45) is 7.05 Å². The maximum atomic E-state index is 4.60. The second kappa shape index (κ2) is 3.72. The van der Waals surface area contributed by atoms with Crippen LogP contribution in [0.2, 0.25) is 0 Å². The molecule has 0 aliphatic carbocycles. The lowest BCUT2D eigenvalue weighted by molar-refractivity contribution is 0.593. The highest BCUT2D eigenvalue weighted by atomic mass is 15.3. The first-order valence-corrected chi connectivity index (χ1v) is 5.52. The molecule has 1 aliphatic heterocycles. The van der Waals surface area contributed by atoms with Crippen molar-refractivity contribution in [3.63, 3.8) is 0 Å². The van der Waals surface area contributed by atoms with Crippen LogP contribution >= 0.6 is 0 Å². The molecule has 0 unspecified atom stereocenters. The van der Waals surface area contributed by atoms with E-state index in [1.54, 1.807) is 6.20 Å². The Hall–Kier alpha value is -1.68. The van der Waals surface area contributed by atoms with E-state index in [0.29, 0.717) is 0 Å². The Balaban J connectivity index is 2.15. The van der Waals surface area contributed by atoms with Gasteiger partial charge < -0.3 is 5.32 Å². The molecule has 16 heavy (non-hydrogen) atoms. The van der Waals surface area contributed by atoms with E-state index in [1.165, 1.54) is 11.3 Å². The number of nitrogens with zero attached hydrogens (tertiary/aromatic N) is 3. The third kappa shape index (κ3) is 1.42. The van der Waals surface area contributed by atoms with E-state index in [2.05, 4.69) is 21.5 Å².